The largest absolute Gasteiger partial charge is 0.339 e. The van der Waals surface area contributed by atoms with E-state index in [0.717, 1.165) is 0 Å². The molecule has 1 saturated heterocycles. The predicted molar refractivity (Wildman–Crippen MR) is 93.3 cm³/mol. The van der Waals surface area contributed by atoms with Crippen LogP contribution in [0, 0.1) is 0 Å². The standard InChI is InChI=1S/C16H19Cl2N3O3/c1-11(22)19-5-7-20(8-6-19)16(24)10-21(12(2)23)13-3-4-14(17)15(18)9-13/h3-4,9H,5-8,10H2,1-2H3. The highest BCUT2D eigenvalue weighted by molar-refractivity contribution is 6.42. The molecule has 1 aliphatic rings. The van der Waals surface area contributed by atoms with E-state index in [-0.39, 0.29) is 24.3 Å². The number of rotatable bonds is 3. The molecule has 8 heteroatoms. The van der Waals surface area contributed by atoms with E-state index in [2.05, 4.69) is 0 Å². The third-order valence-corrected chi connectivity index (χ3v) is 4.71. The second-order valence-corrected chi connectivity index (χ2v) is 6.40. The van der Waals surface area contributed by atoms with E-state index >= 15 is 0 Å². The molecule has 2 rings (SSSR count). The molecule has 6 nitrogen and oxygen atoms in total. The van der Waals surface area contributed by atoms with Crippen LogP contribution in [0.2, 0.25) is 10.0 Å². The van der Waals surface area contributed by atoms with Crippen molar-refractivity contribution in [3.8, 4) is 0 Å². The van der Waals surface area contributed by atoms with Crippen LogP contribution in [0.3, 0.4) is 0 Å². The number of anilines is 1. The summed E-state index contributed by atoms with van der Waals surface area (Å²) in [4.78, 5) is 40.5. The lowest BCUT2D eigenvalue weighted by Crippen LogP contribution is -2.52. The van der Waals surface area contributed by atoms with Crippen LogP contribution in [0.1, 0.15) is 13.8 Å². The zero-order valence-electron chi connectivity index (χ0n) is 13.6. The molecule has 0 radical (unpaired) electrons. The first-order valence-corrected chi connectivity index (χ1v) is 8.31. The fourth-order valence-electron chi connectivity index (χ4n) is 2.54. The van der Waals surface area contributed by atoms with Gasteiger partial charge < -0.3 is 14.7 Å². The van der Waals surface area contributed by atoms with Crippen LogP contribution in [-0.2, 0) is 14.4 Å². The van der Waals surface area contributed by atoms with E-state index in [1.807, 2.05) is 0 Å². The first kappa shape index (κ1) is 18.5. The molecular weight excluding hydrogens is 353 g/mol. The number of carbonyl (C=O) groups excluding carboxylic acids is 3. The Morgan fingerprint density at radius 1 is 1.00 bits per heavy atom. The van der Waals surface area contributed by atoms with Crippen molar-refractivity contribution < 1.29 is 14.4 Å². The molecule has 1 aliphatic heterocycles. The third kappa shape index (κ3) is 4.39. The van der Waals surface area contributed by atoms with Crippen molar-refractivity contribution in [3.05, 3.63) is 28.2 Å². The van der Waals surface area contributed by atoms with E-state index in [4.69, 9.17) is 23.2 Å². The Bertz CT molecular complexity index is 658. The fraction of sp³-hybridized carbons (Fsp3) is 0.438. The summed E-state index contributed by atoms with van der Waals surface area (Å²) in [5, 5.41) is 0.707. The summed E-state index contributed by atoms with van der Waals surface area (Å²) in [5.41, 5.74) is 0.521. The molecule has 3 amide bonds. The Hall–Kier alpha value is -1.79. The Morgan fingerprint density at radius 3 is 2.08 bits per heavy atom. The SMILES string of the molecule is CC(=O)N1CCN(C(=O)CN(C(C)=O)c2ccc(Cl)c(Cl)c2)CC1. The molecule has 0 unspecified atom stereocenters. The van der Waals surface area contributed by atoms with Gasteiger partial charge in [-0.25, -0.2) is 0 Å². The van der Waals surface area contributed by atoms with E-state index in [9.17, 15) is 14.4 Å². The maximum Gasteiger partial charge on any atom is 0.242 e. The van der Waals surface area contributed by atoms with Gasteiger partial charge in [0.15, 0.2) is 0 Å². The van der Waals surface area contributed by atoms with Gasteiger partial charge in [0, 0.05) is 45.7 Å². The van der Waals surface area contributed by atoms with Gasteiger partial charge in [-0.05, 0) is 18.2 Å². The first-order chi connectivity index (χ1) is 11.3. The molecular formula is C16H19Cl2N3O3. The zero-order valence-corrected chi connectivity index (χ0v) is 15.1. The van der Waals surface area contributed by atoms with Crippen LogP contribution in [0.5, 0.6) is 0 Å². The van der Waals surface area contributed by atoms with Gasteiger partial charge in [0.25, 0.3) is 0 Å². The summed E-state index contributed by atoms with van der Waals surface area (Å²) >= 11 is 11.9. The summed E-state index contributed by atoms with van der Waals surface area (Å²) in [6, 6.07) is 4.80. The van der Waals surface area contributed by atoms with Gasteiger partial charge >= 0.3 is 0 Å². The highest BCUT2D eigenvalue weighted by atomic mass is 35.5. The van der Waals surface area contributed by atoms with Gasteiger partial charge in [0.05, 0.1) is 10.0 Å². The molecule has 1 heterocycles. The minimum atomic E-state index is -0.260. The van der Waals surface area contributed by atoms with Crippen LogP contribution >= 0.6 is 23.2 Å². The van der Waals surface area contributed by atoms with Gasteiger partial charge in [0.2, 0.25) is 17.7 Å². The predicted octanol–water partition coefficient (Wildman–Crippen LogP) is 2.04. The smallest absolute Gasteiger partial charge is 0.242 e. The molecule has 0 aliphatic carbocycles. The minimum Gasteiger partial charge on any atom is -0.339 e. The van der Waals surface area contributed by atoms with Crippen molar-refractivity contribution in [2.24, 2.45) is 0 Å². The lowest BCUT2D eigenvalue weighted by atomic mass is 10.2. The fourth-order valence-corrected chi connectivity index (χ4v) is 2.84. The van der Waals surface area contributed by atoms with Gasteiger partial charge in [-0.3, -0.25) is 14.4 Å². The monoisotopic (exact) mass is 371 g/mol. The maximum atomic E-state index is 12.5. The van der Waals surface area contributed by atoms with E-state index in [0.29, 0.717) is 41.9 Å². The number of halogens is 2. The Kier molecular flexibility index (Phi) is 6.07. The quantitative estimate of drug-likeness (QED) is 0.816. The number of benzene rings is 1. The third-order valence-electron chi connectivity index (χ3n) is 3.97. The summed E-state index contributed by atoms with van der Waals surface area (Å²) < 4.78 is 0. The molecule has 1 fully saturated rings. The van der Waals surface area contributed by atoms with E-state index in [1.54, 1.807) is 28.0 Å². The molecule has 130 valence electrons. The Labute approximate surface area is 150 Å². The van der Waals surface area contributed by atoms with Crippen molar-refractivity contribution in [1.82, 2.24) is 9.80 Å². The number of amides is 3. The van der Waals surface area contributed by atoms with Crippen molar-refractivity contribution in [3.63, 3.8) is 0 Å². The first-order valence-electron chi connectivity index (χ1n) is 7.56. The lowest BCUT2D eigenvalue weighted by molar-refractivity contribution is -0.137. The molecule has 1 aromatic rings. The topological polar surface area (TPSA) is 60.9 Å². The van der Waals surface area contributed by atoms with Crippen LogP contribution in [-0.4, -0.2) is 60.2 Å². The van der Waals surface area contributed by atoms with Crippen molar-refractivity contribution in [2.45, 2.75) is 13.8 Å². The lowest BCUT2D eigenvalue weighted by Gasteiger charge is -2.35. The second-order valence-electron chi connectivity index (χ2n) is 5.59. The summed E-state index contributed by atoms with van der Waals surface area (Å²) in [5.74, 6) is -0.424. The average molecular weight is 372 g/mol. The number of piperazine rings is 1. The van der Waals surface area contributed by atoms with Crippen molar-refractivity contribution in [2.75, 3.05) is 37.6 Å². The average Bonchev–Trinajstić information content (AvgIpc) is 2.55. The summed E-state index contributed by atoms with van der Waals surface area (Å²) in [6.45, 7) is 4.77. The molecule has 0 spiro atoms. The van der Waals surface area contributed by atoms with Gasteiger partial charge in [-0.2, -0.15) is 0 Å². The molecule has 24 heavy (non-hydrogen) atoms. The van der Waals surface area contributed by atoms with Crippen LogP contribution in [0.4, 0.5) is 5.69 Å². The number of hydrogen-bond donors (Lipinski definition) is 0. The maximum absolute atomic E-state index is 12.5. The normalized spacial score (nSPS) is 14.5. The number of hydrogen-bond acceptors (Lipinski definition) is 3. The molecule has 1 aromatic carbocycles. The van der Waals surface area contributed by atoms with Crippen LogP contribution in [0.25, 0.3) is 0 Å². The molecule has 0 atom stereocenters. The van der Waals surface area contributed by atoms with Crippen LogP contribution in [0.15, 0.2) is 18.2 Å². The Morgan fingerprint density at radius 2 is 1.58 bits per heavy atom. The van der Waals surface area contributed by atoms with Gasteiger partial charge in [0.1, 0.15) is 6.54 Å². The van der Waals surface area contributed by atoms with Crippen molar-refractivity contribution >= 4 is 46.6 Å². The van der Waals surface area contributed by atoms with Crippen LogP contribution < -0.4 is 4.90 Å². The second kappa shape index (κ2) is 7.85. The zero-order chi connectivity index (χ0) is 17.9. The molecule has 0 bridgehead atoms. The van der Waals surface area contributed by atoms with Gasteiger partial charge in [-0.1, -0.05) is 23.2 Å². The highest BCUT2D eigenvalue weighted by Crippen LogP contribution is 2.27. The van der Waals surface area contributed by atoms with E-state index < -0.39 is 0 Å². The molecule has 0 N–H and O–H groups in total. The number of carbonyl (C=O) groups is 3. The molecule has 0 aromatic heterocycles. The minimum absolute atomic E-state index is 0.00303. The van der Waals surface area contributed by atoms with Gasteiger partial charge in [-0.15, -0.1) is 0 Å². The number of nitrogens with zero attached hydrogens (tertiary/aromatic N) is 3. The summed E-state index contributed by atoms with van der Waals surface area (Å²) in [6.07, 6.45) is 0. The van der Waals surface area contributed by atoms with E-state index in [1.165, 1.54) is 18.7 Å². The molecule has 0 saturated carbocycles. The Balaban J connectivity index is 2.05. The highest BCUT2D eigenvalue weighted by Gasteiger charge is 2.25. The van der Waals surface area contributed by atoms with Crippen molar-refractivity contribution in [1.29, 1.82) is 0 Å². The summed E-state index contributed by atoms with van der Waals surface area (Å²) in [7, 11) is 0.